The Bertz CT molecular complexity index is 810. The Hall–Kier alpha value is -2.70. The lowest BCUT2D eigenvalue weighted by atomic mass is 9.91. The third kappa shape index (κ3) is 2.50. The van der Waals surface area contributed by atoms with Gasteiger partial charge in [-0.25, -0.2) is 4.79 Å². The zero-order valence-corrected chi connectivity index (χ0v) is 15.4. The van der Waals surface area contributed by atoms with Crippen LogP contribution in [-0.2, 0) is 19.1 Å². The van der Waals surface area contributed by atoms with Crippen LogP contribution in [0.2, 0.25) is 0 Å². The highest BCUT2D eigenvalue weighted by Gasteiger charge is 2.60. The summed E-state index contributed by atoms with van der Waals surface area (Å²) in [6, 6.07) is 6.69. The van der Waals surface area contributed by atoms with Crippen molar-refractivity contribution in [3.05, 3.63) is 29.8 Å². The monoisotopic (exact) mass is 358 g/mol. The Balaban J connectivity index is 1.99. The predicted octanol–water partition coefficient (Wildman–Crippen LogP) is 1.75. The van der Waals surface area contributed by atoms with Gasteiger partial charge in [0, 0.05) is 25.3 Å². The zero-order valence-electron chi connectivity index (χ0n) is 15.4. The summed E-state index contributed by atoms with van der Waals surface area (Å²) in [7, 11) is 1.48. The Morgan fingerprint density at radius 3 is 2.50 bits per heavy atom. The molecule has 7 nitrogen and oxygen atoms in total. The second-order valence-corrected chi connectivity index (χ2v) is 7.68. The first-order valence-corrected chi connectivity index (χ1v) is 8.51. The molecule has 2 amide bonds. The predicted molar refractivity (Wildman–Crippen MR) is 93.4 cm³/mol. The van der Waals surface area contributed by atoms with Crippen LogP contribution in [0.15, 0.2) is 24.3 Å². The molecule has 2 heterocycles. The highest BCUT2D eigenvalue weighted by Crippen LogP contribution is 2.44. The number of ether oxygens (including phenoxy) is 1. The molecule has 0 unspecified atom stereocenters. The van der Waals surface area contributed by atoms with E-state index in [1.165, 1.54) is 16.8 Å². The summed E-state index contributed by atoms with van der Waals surface area (Å²) in [6.45, 7) is 4.81. The second-order valence-electron chi connectivity index (χ2n) is 7.68. The number of carbonyl (C=O) groups excluding carboxylic acids is 4. The average molecular weight is 358 g/mol. The third-order valence-electron chi connectivity index (χ3n) is 5.04. The van der Waals surface area contributed by atoms with Gasteiger partial charge in [-0.15, -0.1) is 0 Å². The van der Waals surface area contributed by atoms with Crippen molar-refractivity contribution in [1.82, 2.24) is 4.90 Å². The Morgan fingerprint density at radius 2 is 1.85 bits per heavy atom. The molecule has 1 aromatic rings. The number of nitrogens with zero attached hydrogens (tertiary/aromatic N) is 2. The summed E-state index contributed by atoms with van der Waals surface area (Å²) in [5.41, 5.74) is -1.43. The van der Waals surface area contributed by atoms with Crippen molar-refractivity contribution < 1.29 is 23.9 Å². The second kappa shape index (κ2) is 5.93. The van der Waals surface area contributed by atoms with E-state index in [0.717, 1.165) is 0 Å². The molecule has 7 heteroatoms. The lowest BCUT2D eigenvalue weighted by Crippen LogP contribution is -2.67. The maximum absolute atomic E-state index is 13.0. The molecule has 0 bridgehead atoms. The minimum atomic E-state index is -1.54. The van der Waals surface area contributed by atoms with Crippen LogP contribution >= 0.6 is 0 Å². The fourth-order valence-corrected chi connectivity index (χ4v) is 3.35. The van der Waals surface area contributed by atoms with E-state index >= 15 is 0 Å². The highest BCUT2D eigenvalue weighted by atomic mass is 16.5. The lowest BCUT2D eigenvalue weighted by molar-refractivity contribution is -0.160. The van der Waals surface area contributed by atoms with Gasteiger partial charge in [0.25, 0.3) is 5.91 Å². The van der Waals surface area contributed by atoms with E-state index in [4.69, 9.17) is 4.74 Å². The quantitative estimate of drug-likeness (QED) is 0.769. The van der Waals surface area contributed by atoms with Crippen molar-refractivity contribution in [2.75, 3.05) is 18.6 Å². The number of hydrogen-bond donors (Lipinski definition) is 0. The Kier molecular flexibility index (Phi) is 4.13. The van der Waals surface area contributed by atoms with Crippen LogP contribution < -0.4 is 4.90 Å². The van der Waals surface area contributed by atoms with E-state index in [1.807, 2.05) is 0 Å². The van der Waals surface area contributed by atoms with E-state index in [9.17, 15) is 19.2 Å². The fraction of sp³-hybridized carbons (Fsp3) is 0.474. The number of ketones is 1. The largest absolute Gasteiger partial charge is 0.455 e. The first-order valence-electron chi connectivity index (χ1n) is 8.51. The van der Waals surface area contributed by atoms with Gasteiger partial charge >= 0.3 is 5.97 Å². The number of hydrogen-bond acceptors (Lipinski definition) is 5. The van der Waals surface area contributed by atoms with Crippen LogP contribution in [0.4, 0.5) is 5.69 Å². The van der Waals surface area contributed by atoms with Crippen LogP contribution in [0.1, 0.15) is 44.0 Å². The van der Waals surface area contributed by atoms with E-state index < -0.39 is 23.7 Å². The molecule has 2 aliphatic heterocycles. The molecule has 1 fully saturated rings. The van der Waals surface area contributed by atoms with Gasteiger partial charge in [0.2, 0.25) is 11.6 Å². The first-order chi connectivity index (χ1) is 12.1. The van der Waals surface area contributed by atoms with Crippen molar-refractivity contribution in [2.45, 2.75) is 39.3 Å². The molecule has 138 valence electrons. The number of para-hydroxylation sites is 1. The zero-order chi connectivity index (χ0) is 19.3. The third-order valence-corrected chi connectivity index (χ3v) is 5.04. The van der Waals surface area contributed by atoms with Crippen molar-refractivity contribution in [3.63, 3.8) is 0 Å². The van der Waals surface area contributed by atoms with Gasteiger partial charge in [-0.3, -0.25) is 19.3 Å². The molecular formula is C19H22N2O5. The standard InChI is InChI=1S/C19H22N2O5/c1-18(2,3)14(22)11-26-17(25)19-10-9-15(23)21(19)13-8-6-5-7-12(13)16(24)20(19)4/h5-8H,9-11H2,1-4H3/t19-/m0/s1. The molecule has 3 rings (SSSR count). The van der Waals surface area contributed by atoms with Gasteiger partial charge in [0.15, 0.2) is 12.4 Å². The molecule has 0 N–H and O–H groups in total. The van der Waals surface area contributed by atoms with Crippen molar-refractivity contribution >= 4 is 29.3 Å². The molecule has 2 aliphatic rings. The number of carbonyl (C=O) groups is 4. The fourth-order valence-electron chi connectivity index (χ4n) is 3.35. The topological polar surface area (TPSA) is 84.0 Å². The van der Waals surface area contributed by atoms with E-state index in [0.29, 0.717) is 11.3 Å². The molecule has 0 saturated carbocycles. The molecule has 0 spiro atoms. The Labute approximate surface area is 151 Å². The molecule has 0 radical (unpaired) electrons. The van der Waals surface area contributed by atoms with Gasteiger partial charge in [-0.05, 0) is 12.1 Å². The number of amides is 2. The lowest BCUT2D eigenvalue weighted by Gasteiger charge is -2.46. The number of rotatable bonds is 3. The SMILES string of the molecule is CN1C(=O)c2ccccc2N2C(=O)CC[C@]12C(=O)OCC(=O)C(C)(C)C. The minimum absolute atomic E-state index is 0.119. The molecule has 0 aliphatic carbocycles. The van der Waals surface area contributed by atoms with Crippen LogP contribution in [0, 0.1) is 5.41 Å². The summed E-state index contributed by atoms with van der Waals surface area (Å²) in [4.78, 5) is 53.0. The molecule has 26 heavy (non-hydrogen) atoms. The van der Waals surface area contributed by atoms with Gasteiger partial charge in [0.05, 0.1) is 11.3 Å². The molecule has 1 atom stereocenters. The normalized spacial score (nSPS) is 22.2. The summed E-state index contributed by atoms with van der Waals surface area (Å²) in [5, 5.41) is 0. The first kappa shape index (κ1) is 18.1. The number of anilines is 1. The Morgan fingerprint density at radius 1 is 1.19 bits per heavy atom. The van der Waals surface area contributed by atoms with Gasteiger partial charge in [-0.1, -0.05) is 32.9 Å². The van der Waals surface area contributed by atoms with E-state index in [2.05, 4.69) is 0 Å². The molecular weight excluding hydrogens is 336 g/mol. The van der Waals surface area contributed by atoms with Crippen molar-refractivity contribution in [1.29, 1.82) is 0 Å². The molecule has 1 saturated heterocycles. The number of likely N-dealkylation sites (N-methyl/N-ethyl adjacent to an activating group) is 1. The minimum Gasteiger partial charge on any atom is -0.455 e. The van der Waals surface area contributed by atoms with Crippen LogP contribution in [0.25, 0.3) is 0 Å². The summed E-state index contributed by atoms with van der Waals surface area (Å²) in [5.74, 6) is -1.60. The van der Waals surface area contributed by atoms with Crippen LogP contribution in [0.3, 0.4) is 0 Å². The number of esters is 1. The molecule has 0 aromatic heterocycles. The van der Waals surface area contributed by atoms with Gasteiger partial charge in [0.1, 0.15) is 0 Å². The van der Waals surface area contributed by atoms with Crippen molar-refractivity contribution in [2.24, 2.45) is 5.41 Å². The summed E-state index contributed by atoms with van der Waals surface area (Å²) >= 11 is 0. The average Bonchev–Trinajstić information content (AvgIpc) is 2.95. The maximum atomic E-state index is 13.0. The van der Waals surface area contributed by atoms with E-state index in [-0.39, 0.29) is 30.4 Å². The number of Topliss-reactive ketones (excluding diaryl/α,β-unsaturated/α-hetero) is 1. The molecule has 1 aromatic carbocycles. The van der Waals surface area contributed by atoms with Crippen LogP contribution in [-0.4, -0.2) is 47.8 Å². The maximum Gasteiger partial charge on any atom is 0.354 e. The summed E-state index contributed by atoms with van der Waals surface area (Å²) in [6.07, 6.45) is 0.249. The smallest absolute Gasteiger partial charge is 0.354 e. The van der Waals surface area contributed by atoms with Crippen LogP contribution in [0.5, 0.6) is 0 Å². The highest BCUT2D eigenvalue weighted by molar-refractivity contribution is 6.15. The van der Waals surface area contributed by atoms with E-state index in [1.54, 1.807) is 45.0 Å². The number of benzene rings is 1. The number of fused-ring (bicyclic) bond motifs is 3. The van der Waals surface area contributed by atoms with Gasteiger partial charge in [-0.2, -0.15) is 0 Å². The summed E-state index contributed by atoms with van der Waals surface area (Å²) < 4.78 is 5.28. The van der Waals surface area contributed by atoms with Gasteiger partial charge < -0.3 is 9.64 Å². The van der Waals surface area contributed by atoms with Crippen molar-refractivity contribution in [3.8, 4) is 0 Å².